The van der Waals surface area contributed by atoms with Crippen molar-refractivity contribution in [2.24, 2.45) is 5.73 Å². The van der Waals surface area contributed by atoms with Crippen molar-refractivity contribution in [3.8, 4) is 0 Å². The minimum Gasteiger partial charge on any atom is -0.366 e. The second kappa shape index (κ2) is 6.04. The lowest BCUT2D eigenvalue weighted by Crippen LogP contribution is -2.10. The monoisotopic (exact) mass is 275 g/mol. The van der Waals surface area contributed by atoms with Gasteiger partial charge in [0.15, 0.2) is 0 Å². The molecule has 0 aliphatic carbocycles. The van der Waals surface area contributed by atoms with Crippen molar-refractivity contribution in [2.45, 2.75) is 26.9 Å². The molecule has 0 radical (unpaired) electrons. The predicted octanol–water partition coefficient (Wildman–Crippen LogP) is 3.42. The highest BCUT2D eigenvalue weighted by Gasteiger charge is 2.08. The quantitative estimate of drug-likeness (QED) is 0.899. The molecule has 0 saturated carbocycles. The van der Waals surface area contributed by atoms with Crippen molar-refractivity contribution < 1.29 is 0 Å². The van der Waals surface area contributed by atoms with Gasteiger partial charge < -0.3 is 11.1 Å². The van der Waals surface area contributed by atoms with E-state index < -0.39 is 0 Å². The molecule has 1 aromatic carbocycles. The summed E-state index contributed by atoms with van der Waals surface area (Å²) in [6.07, 6.45) is 0. The molecule has 2 rings (SSSR count). The second-order valence-corrected chi connectivity index (χ2v) is 4.96. The lowest BCUT2D eigenvalue weighted by Gasteiger charge is -2.14. The smallest absolute Gasteiger partial charge is 0.131 e. The average molecular weight is 276 g/mol. The van der Waals surface area contributed by atoms with E-state index in [1.54, 1.807) is 0 Å². The van der Waals surface area contributed by atoms with Crippen LogP contribution < -0.4 is 11.1 Å². The first kappa shape index (κ1) is 13.8. The third kappa shape index (κ3) is 3.25. The molecule has 0 saturated heterocycles. The van der Waals surface area contributed by atoms with Gasteiger partial charge in [-0.05, 0) is 37.1 Å². The highest BCUT2D eigenvalue weighted by atomic mass is 35.5. The molecule has 1 aromatic heterocycles. The van der Waals surface area contributed by atoms with E-state index in [1.165, 1.54) is 0 Å². The fourth-order valence-electron chi connectivity index (χ4n) is 2.09. The number of aromatic nitrogens is 1. The molecule has 0 aliphatic rings. The van der Waals surface area contributed by atoms with E-state index >= 15 is 0 Å². The molecular weight excluding hydrogens is 258 g/mol. The van der Waals surface area contributed by atoms with Crippen LogP contribution in [0.4, 0.5) is 5.82 Å². The van der Waals surface area contributed by atoms with Crippen LogP contribution in [0, 0.1) is 13.8 Å². The number of pyridine rings is 1. The van der Waals surface area contributed by atoms with Crippen molar-refractivity contribution >= 4 is 17.4 Å². The minimum absolute atomic E-state index is 0.476. The first-order valence-electron chi connectivity index (χ1n) is 6.26. The first-order chi connectivity index (χ1) is 9.11. The Morgan fingerprint density at radius 1 is 1.26 bits per heavy atom. The number of benzene rings is 1. The molecule has 100 valence electrons. The number of halogens is 1. The maximum atomic E-state index is 6.14. The van der Waals surface area contributed by atoms with Gasteiger partial charge in [0, 0.05) is 29.4 Å². The molecule has 19 heavy (non-hydrogen) atoms. The zero-order valence-corrected chi connectivity index (χ0v) is 12.0. The van der Waals surface area contributed by atoms with Gasteiger partial charge in [0.1, 0.15) is 5.82 Å². The summed E-state index contributed by atoms with van der Waals surface area (Å²) >= 11 is 6.14. The summed E-state index contributed by atoms with van der Waals surface area (Å²) in [5.74, 6) is 0.847. The highest BCUT2D eigenvalue weighted by Crippen LogP contribution is 2.21. The third-order valence-corrected chi connectivity index (χ3v) is 3.45. The molecule has 0 aliphatic heterocycles. The Morgan fingerprint density at radius 3 is 2.68 bits per heavy atom. The van der Waals surface area contributed by atoms with Gasteiger partial charge in [-0.1, -0.05) is 29.8 Å². The summed E-state index contributed by atoms with van der Waals surface area (Å²) in [6, 6.07) is 9.83. The van der Waals surface area contributed by atoms with Crippen molar-refractivity contribution in [2.75, 3.05) is 5.32 Å². The van der Waals surface area contributed by atoms with Crippen LogP contribution in [0.15, 0.2) is 30.3 Å². The zero-order chi connectivity index (χ0) is 13.8. The van der Waals surface area contributed by atoms with Crippen LogP contribution in [-0.4, -0.2) is 4.98 Å². The van der Waals surface area contributed by atoms with Crippen molar-refractivity contribution in [3.63, 3.8) is 0 Å². The average Bonchev–Trinajstić information content (AvgIpc) is 2.37. The van der Waals surface area contributed by atoms with Gasteiger partial charge in [-0.3, -0.25) is 0 Å². The van der Waals surface area contributed by atoms with Crippen LogP contribution in [0.2, 0.25) is 5.02 Å². The molecule has 0 fully saturated rings. The first-order valence-corrected chi connectivity index (χ1v) is 6.64. The van der Waals surface area contributed by atoms with Crippen LogP contribution in [0.3, 0.4) is 0 Å². The van der Waals surface area contributed by atoms with Crippen LogP contribution in [0.1, 0.15) is 22.4 Å². The van der Waals surface area contributed by atoms with Crippen molar-refractivity contribution in [1.82, 2.24) is 4.98 Å². The van der Waals surface area contributed by atoms with Gasteiger partial charge in [-0.15, -0.1) is 0 Å². The van der Waals surface area contributed by atoms with Crippen LogP contribution in [0.25, 0.3) is 0 Å². The topological polar surface area (TPSA) is 50.9 Å². The van der Waals surface area contributed by atoms with Crippen molar-refractivity contribution in [3.05, 3.63) is 57.7 Å². The Morgan fingerprint density at radius 2 is 2.00 bits per heavy atom. The van der Waals surface area contributed by atoms with E-state index in [2.05, 4.69) is 17.2 Å². The molecule has 0 atom stereocenters. The van der Waals surface area contributed by atoms with Gasteiger partial charge in [0.05, 0.1) is 0 Å². The molecular formula is C15H18ClN3. The van der Waals surface area contributed by atoms with Gasteiger partial charge in [0.2, 0.25) is 0 Å². The summed E-state index contributed by atoms with van der Waals surface area (Å²) < 4.78 is 0. The summed E-state index contributed by atoms with van der Waals surface area (Å²) in [6.45, 7) is 5.15. The second-order valence-electron chi connectivity index (χ2n) is 4.56. The van der Waals surface area contributed by atoms with Gasteiger partial charge in [-0.2, -0.15) is 0 Å². The zero-order valence-electron chi connectivity index (χ0n) is 11.2. The lowest BCUT2D eigenvalue weighted by molar-refractivity contribution is 0.988. The number of aryl methyl sites for hydroxylation is 2. The number of hydrogen-bond donors (Lipinski definition) is 2. The van der Waals surface area contributed by atoms with Gasteiger partial charge in [0.25, 0.3) is 0 Å². The molecule has 0 spiro atoms. The summed E-state index contributed by atoms with van der Waals surface area (Å²) in [7, 11) is 0. The molecule has 3 nitrogen and oxygen atoms in total. The largest absolute Gasteiger partial charge is 0.366 e. The number of nitrogens with zero attached hydrogens (tertiary/aromatic N) is 1. The van der Waals surface area contributed by atoms with Crippen LogP contribution in [-0.2, 0) is 13.1 Å². The Hall–Kier alpha value is -1.58. The maximum absolute atomic E-state index is 6.14. The molecule has 2 aromatic rings. The van der Waals surface area contributed by atoms with E-state index in [9.17, 15) is 0 Å². The Labute approximate surface area is 118 Å². The normalized spacial score (nSPS) is 10.5. The lowest BCUT2D eigenvalue weighted by atomic mass is 10.1. The standard InChI is InChI=1S/C15H18ClN3/c1-10-7-11(2)19-15(13(10)8-17)18-9-12-5-3-4-6-14(12)16/h3-7H,8-9,17H2,1-2H3,(H,18,19). The summed E-state index contributed by atoms with van der Waals surface area (Å²) in [5.41, 5.74) is 10.0. The van der Waals surface area contributed by atoms with E-state index in [0.29, 0.717) is 13.1 Å². The minimum atomic E-state index is 0.476. The van der Waals surface area contributed by atoms with E-state index in [0.717, 1.165) is 33.2 Å². The Kier molecular flexibility index (Phi) is 4.40. The predicted molar refractivity (Wildman–Crippen MR) is 80.4 cm³/mol. The van der Waals surface area contributed by atoms with Gasteiger partial charge >= 0.3 is 0 Å². The fourth-order valence-corrected chi connectivity index (χ4v) is 2.29. The Balaban J connectivity index is 2.22. The number of nitrogens with two attached hydrogens (primary N) is 1. The fraction of sp³-hybridized carbons (Fsp3) is 0.267. The molecule has 0 unspecified atom stereocenters. The van der Waals surface area contributed by atoms with E-state index in [4.69, 9.17) is 17.3 Å². The number of nitrogens with one attached hydrogen (secondary N) is 1. The summed E-state index contributed by atoms with van der Waals surface area (Å²) in [5, 5.41) is 4.09. The number of anilines is 1. The Bertz CT molecular complexity index is 582. The molecule has 3 N–H and O–H groups in total. The molecule has 0 amide bonds. The van der Waals surface area contributed by atoms with E-state index in [1.807, 2.05) is 37.3 Å². The highest BCUT2D eigenvalue weighted by molar-refractivity contribution is 6.31. The number of rotatable bonds is 4. The SMILES string of the molecule is Cc1cc(C)c(CN)c(NCc2ccccc2Cl)n1. The molecule has 4 heteroatoms. The van der Waals surface area contributed by atoms with E-state index in [-0.39, 0.29) is 0 Å². The molecule has 0 bridgehead atoms. The van der Waals surface area contributed by atoms with Gasteiger partial charge in [-0.25, -0.2) is 4.98 Å². The van der Waals surface area contributed by atoms with Crippen LogP contribution in [0.5, 0.6) is 0 Å². The third-order valence-electron chi connectivity index (χ3n) is 3.08. The maximum Gasteiger partial charge on any atom is 0.131 e. The van der Waals surface area contributed by atoms with Crippen LogP contribution >= 0.6 is 11.6 Å². The molecule has 1 heterocycles. The van der Waals surface area contributed by atoms with Crippen molar-refractivity contribution in [1.29, 1.82) is 0 Å². The number of hydrogen-bond acceptors (Lipinski definition) is 3. The summed E-state index contributed by atoms with van der Waals surface area (Å²) in [4.78, 5) is 4.52.